The Balaban J connectivity index is 2.89. The van der Waals surface area contributed by atoms with Crippen LogP contribution in [0.25, 0.3) is 0 Å². The molecule has 3 nitrogen and oxygen atoms in total. The van der Waals surface area contributed by atoms with Gasteiger partial charge in [-0.1, -0.05) is 33.6 Å². The highest BCUT2D eigenvalue weighted by Gasteiger charge is 2.41. The predicted octanol–water partition coefficient (Wildman–Crippen LogP) is 5.11. The minimum atomic E-state index is -3.32. The summed E-state index contributed by atoms with van der Waals surface area (Å²) >= 11 is 9.00. The van der Waals surface area contributed by atoms with Gasteiger partial charge in [0.15, 0.2) is 0 Å². The van der Waals surface area contributed by atoms with Gasteiger partial charge in [0.25, 0.3) is 5.92 Å². The van der Waals surface area contributed by atoms with Gasteiger partial charge in [-0.3, -0.25) is 0 Å². The van der Waals surface area contributed by atoms with E-state index in [1.807, 2.05) is 0 Å². The first kappa shape index (κ1) is 18.2. The second kappa shape index (κ2) is 6.48. The van der Waals surface area contributed by atoms with Crippen LogP contribution in [0.3, 0.4) is 0 Å². The molecule has 0 aliphatic heterocycles. The van der Waals surface area contributed by atoms with Gasteiger partial charge in [0.05, 0.1) is 11.1 Å². The van der Waals surface area contributed by atoms with Crippen molar-refractivity contribution in [3.8, 4) is 0 Å². The molecule has 0 heterocycles. The van der Waals surface area contributed by atoms with E-state index in [0.29, 0.717) is 4.47 Å². The monoisotopic (exact) mass is 383 g/mol. The van der Waals surface area contributed by atoms with Gasteiger partial charge < -0.3 is 10.1 Å². The normalized spacial score (nSPS) is 13.7. The number of rotatable bonds is 3. The number of hydrogen-bond acceptors (Lipinski definition) is 2. The summed E-state index contributed by atoms with van der Waals surface area (Å²) < 4.78 is 34.3. The lowest BCUT2D eigenvalue weighted by Gasteiger charge is -2.27. The van der Waals surface area contributed by atoms with E-state index in [-0.39, 0.29) is 10.6 Å². The fourth-order valence-corrected chi connectivity index (χ4v) is 2.37. The lowest BCUT2D eigenvalue weighted by molar-refractivity contribution is -0.0410. The molecule has 0 fully saturated rings. The van der Waals surface area contributed by atoms with E-state index in [0.717, 1.165) is 0 Å². The molecule has 21 heavy (non-hydrogen) atoms. The number of nitrogens with one attached hydrogen (secondary N) is 1. The summed E-state index contributed by atoms with van der Waals surface area (Å²) in [4.78, 5) is 11.6. The highest BCUT2D eigenvalue weighted by atomic mass is 79.9. The van der Waals surface area contributed by atoms with E-state index in [1.54, 1.807) is 20.8 Å². The van der Waals surface area contributed by atoms with Crippen molar-refractivity contribution in [3.05, 3.63) is 33.3 Å². The van der Waals surface area contributed by atoms with Crippen LogP contribution in [0.1, 0.15) is 33.3 Å². The standard InChI is InChI=1S/C14H17BrClF2NO2/c1-8(19-12(20)21-13(2,3)4)14(17,18)10-6-5-9(15)7-11(10)16/h5-8H,1-4H3,(H,19,20). The first-order valence-electron chi connectivity index (χ1n) is 6.26. The minimum absolute atomic E-state index is 0.0767. The molecule has 1 N–H and O–H groups in total. The Morgan fingerprint density at radius 1 is 1.38 bits per heavy atom. The number of carbonyl (C=O) groups excluding carboxylic acids is 1. The molecule has 1 aromatic carbocycles. The van der Waals surface area contributed by atoms with Crippen LogP contribution in [-0.2, 0) is 10.7 Å². The second-order valence-corrected chi connectivity index (χ2v) is 6.94. The van der Waals surface area contributed by atoms with Crippen LogP contribution in [0.5, 0.6) is 0 Å². The molecule has 1 atom stereocenters. The quantitative estimate of drug-likeness (QED) is 0.786. The summed E-state index contributed by atoms with van der Waals surface area (Å²) in [5.41, 5.74) is -1.11. The Morgan fingerprint density at radius 2 is 1.95 bits per heavy atom. The highest BCUT2D eigenvalue weighted by Crippen LogP contribution is 2.37. The maximum Gasteiger partial charge on any atom is 0.408 e. The molecule has 0 saturated carbocycles. The molecular weight excluding hydrogens is 368 g/mol. The molecule has 0 aromatic heterocycles. The van der Waals surface area contributed by atoms with E-state index < -0.39 is 23.7 Å². The Morgan fingerprint density at radius 3 is 2.43 bits per heavy atom. The fraction of sp³-hybridized carbons (Fsp3) is 0.500. The smallest absolute Gasteiger partial charge is 0.408 e. The molecule has 0 aliphatic carbocycles. The average molecular weight is 385 g/mol. The number of halogens is 4. The van der Waals surface area contributed by atoms with Gasteiger partial charge in [0, 0.05) is 10.0 Å². The van der Waals surface area contributed by atoms with Crippen molar-refractivity contribution in [3.63, 3.8) is 0 Å². The lowest BCUT2D eigenvalue weighted by Crippen LogP contribution is -2.46. The summed E-state index contributed by atoms with van der Waals surface area (Å²) in [6.07, 6.45) is -0.900. The van der Waals surface area contributed by atoms with E-state index in [1.165, 1.54) is 25.1 Å². The molecule has 0 bridgehead atoms. The van der Waals surface area contributed by atoms with Crippen molar-refractivity contribution >= 4 is 33.6 Å². The Labute approximate surface area is 136 Å². The SMILES string of the molecule is CC(NC(=O)OC(C)(C)C)C(F)(F)c1ccc(Br)cc1Cl. The zero-order valence-corrected chi connectivity index (χ0v) is 14.5. The summed E-state index contributed by atoms with van der Waals surface area (Å²) in [5.74, 6) is -3.32. The van der Waals surface area contributed by atoms with E-state index >= 15 is 0 Å². The Hall–Kier alpha value is -0.880. The molecule has 0 radical (unpaired) electrons. The molecule has 1 amide bonds. The summed E-state index contributed by atoms with van der Waals surface area (Å²) in [6.45, 7) is 6.16. The van der Waals surface area contributed by atoms with Crippen molar-refractivity contribution in [2.24, 2.45) is 0 Å². The van der Waals surface area contributed by atoms with Gasteiger partial charge in [-0.05, 0) is 39.8 Å². The Bertz CT molecular complexity index is 532. The van der Waals surface area contributed by atoms with Gasteiger partial charge in [-0.25, -0.2) is 4.79 Å². The number of amides is 1. The predicted molar refractivity (Wildman–Crippen MR) is 81.9 cm³/mol. The van der Waals surface area contributed by atoms with Crippen molar-refractivity contribution in [1.29, 1.82) is 0 Å². The van der Waals surface area contributed by atoms with Crippen LogP contribution < -0.4 is 5.32 Å². The maximum absolute atomic E-state index is 14.4. The van der Waals surface area contributed by atoms with Gasteiger partial charge in [-0.15, -0.1) is 0 Å². The van der Waals surface area contributed by atoms with E-state index in [4.69, 9.17) is 16.3 Å². The first-order chi connectivity index (χ1) is 9.43. The van der Waals surface area contributed by atoms with E-state index in [9.17, 15) is 13.6 Å². The number of alkyl halides is 2. The number of ether oxygens (including phenoxy) is 1. The molecule has 7 heteroatoms. The van der Waals surface area contributed by atoms with Crippen LogP contribution in [0.15, 0.2) is 22.7 Å². The lowest BCUT2D eigenvalue weighted by atomic mass is 10.0. The zero-order chi connectivity index (χ0) is 16.4. The molecular formula is C14H17BrClF2NO2. The highest BCUT2D eigenvalue weighted by molar-refractivity contribution is 9.10. The van der Waals surface area contributed by atoms with E-state index in [2.05, 4.69) is 21.2 Å². The van der Waals surface area contributed by atoms with Crippen LogP contribution in [-0.4, -0.2) is 17.7 Å². The van der Waals surface area contributed by atoms with Gasteiger partial charge in [0.2, 0.25) is 0 Å². The Kier molecular flexibility index (Phi) is 5.61. The molecule has 118 valence electrons. The molecule has 1 rings (SSSR count). The number of benzene rings is 1. The number of carbonyl (C=O) groups is 1. The third-order valence-corrected chi connectivity index (χ3v) is 3.37. The zero-order valence-electron chi connectivity index (χ0n) is 12.1. The molecule has 0 aliphatic rings. The molecule has 1 unspecified atom stereocenters. The maximum atomic E-state index is 14.4. The fourth-order valence-electron chi connectivity index (χ4n) is 1.57. The summed E-state index contributed by atoms with van der Waals surface area (Å²) in [7, 11) is 0. The number of alkyl carbamates (subject to hydrolysis) is 1. The summed E-state index contributed by atoms with van der Waals surface area (Å²) in [5, 5.41) is 2.06. The first-order valence-corrected chi connectivity index (χ1v) is 7.43. The molecule has 1 aromatic rings. The van der Waals surface area contributed by atoms with Gasteiger partial charge in [-0.2, -0.15) is 8.78 Å². The molecule has 0 saturated heterocycles. The number of hydrogen-bond donors (Lipinski definition) is 1. The average Bonchev–Trinajstić information content (AvgIpc) is 2.25. The third-order valence-electron chi connectivity index (χ3n) is 2.57. The van der Waals surface area contributed by atoms with Crippen molar-refractivity contribution < 1.29 is 18.3 Å². The van der Waals surface area contributed by atoms with Crippen LogP contribution >= 0.6 is 27.5 Å². The second-order valence-electron chi connectivity index (χ2n) is 5.62. The van der Waals surface area contributed by atoms with Crippen LogP contribution in [0, 0.1) is 0 Å². The summed E-state index contributed by atoms with van der Waals surface area (Å²) in [6, 6.07) is 2.60. The topological polar surface area (TPSA) is 38.3 Å². The largest absolute Gasteiger partial charge is 0.444 e. The molecule has 0 spiro atoms. The van der Waals surface area contributed by atoms with Crippen LogP contribution in [0.2, 0.25) is 5.02 Å². The minimum Gasteiger partial charge on any atom is -0.444 e. The van der Waals surface area contributed by atoms with Gasteiger partial charge in [0.1, 0.15) is 5.60 Å². The van der Waals surface area contributed by atoms with Crippen molar-refractivity contribution in [1.82, 2.24) is 5.32 Å². The van der Waals surface area contributed by atoms with Crippen molar-refractivity contribution in [2.75, 3.05) is 0 Å². The third kappa shape index (κ3) is 5.11. The van der Waals surface area contributed by atoms with Crippen molar-refractivity contribution in [2.45, 2.75) is 45.3 Å². The van der Waals surface area contributed by atoms with Crippen LogP contribution in [0.4, 0.5) is 13.6 Å². The van der Waals surface area contributed by atoms with Gasteiger partial charge >= 0.3 is 6.09 Å².